The van der Waals surface area contributed by atoms with Crippen molar-refractivity contribution in [2.24, 2.45) is 10.8 Å². The summed E-state index contributed by atoms with van der Waals surface area (Å²) in [4.78, 5) is 0. The van der Waals surface area contributed by atoms with Crippen LogP contribution < -0.4 is 11.2 Å². The predicted molar refractivity (Wildman–Crippen MR) is 86.1 cm³/mol. The van der Waals surface area contributed by atoms with Gasteiger partial charge in [0.25, 0.3) is 0 Å². The molecule has 0 saturated carbocycles. The maximum Gasteiger partial charge on any atom is 0.184 e. The number of nitrogens with one attached hydrogen (secondary N) is 1. The SMILES string of the molecule is NC(=S)N/N=C(\c1cc(F)cc(F)c1)c1cccc(Br)c1. The minimum atomic E-state index is -0.692. The van der Waals surface area contributed by atoms with Crippen LogP contribution in [0.3, 0.4) is 0 Å². The fraction of sp³-hybridized carbons (Fsp3) is 0. The standard InChI is InChI=1S/C14H10BrF2N3S/c15-10-3-1-2-8(4-10)13(19-20-14(18)21)9-5-11(16)7-12(17)6-9/h1-7H,(H3,18,20,21)/b19-13-. The lowest BCUT2D eigenvalue weighted by Crippen LogP contribution is -2.26. The van der Waals surface area contributed by atoms with Gasteiger partial charge in [-0.3, -0.25) is 5.43 Å². The van der Waals surface area contributed by atoms with Gasteiger partial charge >= 0.3 is 0 Å². The summed E-state index contributed by atoms with van der Waals surface area (Å²) in [6.07, 6.45) is 0. The van der Waals surface area contributed by atoms with E-state index in [4.69, 9.17) is 18.0 Å². The number of hydrogen-bond donors (Lipinski definition) is 2. The second-order valence-electron chi connectivity index (χ2n) is 4.10. The number of nitrogens with two attached hydrogens (primary N) is 1. The van der Waals surface area contributed by atoms with Crippen LogP contribution in [0.2, 0.25) is 0 Å². The van der Waals surface area contributed by atoms with Gasteiger partial charge in [0, 0.05) is 21.7 Å². The Morgan fingerprint density at radius 2 is 1.76 bits per heavy atom. The third-order valence-corrected chi connectivity index (χ3v) is 3.10. The molecule has 108 valence electrons. The number of rotatable bonds is 3. The van der Waals surface area contributed by atoms with Gasteiger partial charge in [-0.15, -0.1) is 0 Å². The average Bonchev–Trinajstić information content (AvgIpc) is 2.37. The molecule has 2 aromatic carbocycles. The van der Waals surface area contributed by atoms with Crippen molar-refractivity contribution in [2.75, 3.05) is 0 Å². The Labute approximate surface area is 134 Å². The van der Waals surface area contributed by atoms with Gasteiger partial charge in [0.2, 0.25) is 0 Å². The molecule has 7 heteroatoms. The highest BCUT2D eigenvalue weighted by molar-refractivity contribution is 9.10. The Morgan fingerprint density at radius 3 is 2.33 bits per heavy atom. The van der Waals surface area contributed by atoms with Crippen LogP contribution in [0.5, 0.6) is 0 Å². The van der Waals surface area contributed by atoms with Gasteiger partial charge in [-0.25, -0.2) is 8.78 Å². The Balaban J connectivity index is 2.55. The van der Waals surface area contributed by atoms with E-state index >= 15 is 0 Å². The molecule has 0 heterocycles. The molecular formula is C14H10BrF2N3S. The van der Waals surface area contributed by atoms with Crippen molar-refractivity contribution < 1.29 is 8.78 Å². The summed E-state index contributed by atoms with van der Waals surface area (Å²) in [6.45, 7) is 0. The highest BCUT2D eigenvalue weighted by atomic mass is 79.9. The largest absolute Gasteiger partial charge is 0.375 e. The highest BCUT2D eigenvalue weighted by Crippen LogP contribution is 2.18. The zero-order valence-corrected chi connectivity index (χ0v) is 13.0. The lowest BCUT2D eigenvalue weighted by Gasteiger charge is -2.09. The first-order valence-corrected chi connectivity index (χ1v) is 7.01. The molecule has 0 bridgehead atoms. The van der Waals surface area contributed by atoms with Crippen LogP contribution in [0.25, 0.3) is 0 Å². The van der Waals surface area contributed by atoms with E-state index in [-0.39, 0.29) is 10.7 Å². The van der Waals surface area contributed by atoms with Crippen LogP contribution in [0.4, 0.5) is 8.78 Å². The average molecular weight is 370 g/mol. The second kappa shape index (κ2) is 6.73. The maximum atomic E-state index is 13.4. The fourth-order valence-electron chi connectivity index (χ4n) is 1.73. The molecule has 0 unspecified atom stereocenters. The summed E-state index contributed by atoms with van der Waals surface area (Å²) >= 11 is 8.03. The molecule has 3 N–H and O–H groups in total. The van der Waals surface area contributed by atoms with Crippen molar-refractivity contribution in [1.82, 2.24) is 5.43 Å². The van der Waals surface area contributed by atoms with Gasteiger partial charge in [0.05, 0.1) is 5.71 Å². The molecule has 3 nitrogen and oxygen atoms in total. The first-order valence-electron chi connectivity index (χ1n) is 5.81. The molecular weight excluding hydrogens is 360 g/mol. The number of benzene rings is 2. The van der Waals surface area contributed by atoms with E-state index in [0.29, 0.717) is 11.3 Å². The number of halogens is 3. The summed E-state index contributed by atoms with van der Waals surface area (Å²) in [5, 5.41) is 3.99. The Bertz CT molecular complexity index is 699. The van der Waals surface area contributed by atoms with Crippen molar-refractivity contribution >= 4 is 39.0 Å². The van der Waals surface area contributed by atoms with Gasteiger partial charge < -0.3 is 5.73 Å². The third-order valence-electron chi connectivity index (χ3n) is 2.51. The molecule has 0 saturated heterocycles. The molecule has 0 fully saturated rings. The molecule has 0 radical (unpaired) electrons. The Morgan fingerprint density at radius 1 is 1.10 bits per heavy atom. The molecule has 0 atom stereocenters. The van der Waals surface area contributed by atoms with Crippen molar-refractivity contribution in [3.8, 4) is 0 Å². The van der Waals surface area contributed by atoms with E-state index in [9.17, 15) is 8.78 Å². The number of hydrogen-bond acceptors (Lipinski definition) is 2. The van der Waals surface area contributed by atoms with Crippen molar-refractivity contribution in [3.63, 3.8) is 0 Å². The van der Waals surface area contributed by atoms with Crippen LogP contribution in [-0.4, -0.2) is 10.8 Å². The molecule has 0 aliphatic heterocycles. The van der Waals surface area contributed by atoms with Crippen molar-refractivity contribution in [2.45, 2.75) is 0 Å². The minimum absolute atomic E-state index is 0.0422. The number of hydrazone groups is 1. The monoisotopic (exact) mass is 369 g/mol. The van der Waals surface area contributed by atoms with Crippen LogP contribution in [0.15, 0.2) is 52.0 Å². The first kappa shape index (κ1) is 15.5. The minimum Gasteiger partial charge on any atom is -0.375 e. The van der Waals surface area contributed by atoms with Gasteiger partial charge in [-0.2, -0.15) is 5.10 Å². The van der Waals surface area contributed by atoms with Crippen LogP contribution in [0, 0.1) is 11.6 Å². The molecule has 0 amide bonds. The summed E-state index contributed by atoms with van der Waals surface area (Å²) in [6, 6.07) is 10.3. The smallest absolute Gasteiger partial charge is 0.184 e. The van der Waals surface area contributed by atoms with E-state index in [1.807, 2.05) is 6.07 Å². The van der Waals surface area contributed by atoms with E-state index in [0.717, 1.165) is 10.5 Å². The highest BCUT2D eigenvalue weighted by Gasteiger charge is 2.11. The molecule has 0 spiro atoms. The van der Waals surface area contributed by atoms with Gasteiger partial charge in [-0.1, -0.05) is 28.1 Å². The first-order chi connectivity index (χ1) is 9.95. The summed E-state index contributed by atoms with van der Waals surface area (Å²) in [5.74, 6) is -1.38. The lowest BCUT2D eigenvalue weighted by molar-refractivity contribution is 0.583. The van der Waals surface area contributed by atoms with Gasteiger partial charge in [-0.05, 0) is 36.5 Å². The topological polar surface area (TPSA) is 50.4 Å². The second-order valence-corrected chi connectivity index (χ2v) is 5.46. The Hall–Kier alpha value is -1.86. The molecule has 0 aliphatic carbocycles. The zero-order chi connectivity index (χ0) is 15.4. The molecule has 0 aliphatic rings. The van der Waals surface area contributed by atoms with Gasteiger partial charge in [0.1, 0.15) is 11.6 Å². The lowest BCUT2D eigenvalue weighted by atomic mass is 10.0. The van der Waals surface area contributed by atoms with E-state index < -0.39 is 11.6 Å². The zero-order valence-electron chi connectivity index (χ0n) is 10.6. The molecule has 0 aromatic heterocycles. The number of nitrogens with zero attached hydrogens (tertiary/aromatic N) is 1. The summed E-state index contributed by atoms with van der Waals surface area (Å²) in [5.41, 5.74) is 9.03. The maximum absolute atomic E-state index is 13.4. The molecule has 2 aromatic rings. The quantitative estimate of drug-likeness (QED) is 0.495. The van der Waals surface area contributed by atoms with Gasteiger partial charge in [0.15, 0.2) is 5.11 Å². The normalized spacial score (nSPS) is 11.3. The van der Waals surface area contributed by atoms with Crippen molar-refractivity contribution in [1.29, 1.82) is 0 Å². The Kier molecular flexibility index (Phi) is 4.98. The fourth-order valence-corrected chi connectivity index (χ4v) is 2.18. The molecule has 2 rings (SSSR count). The van der Waals surface area contributed by atoms with Crippen molar-refractivity contribution in [3.05, 3.63) is 69.7 Å². The summed E-state index contributed by atoms with van der Waals surface area (Å²) < 4.78 is 27.6. The molecule has 21 heavy (non-hydrogen) atoms. The van der Waals surface area contributed by atoms with Crippen LogP contribution in [-0.2, 0) is 0 Å². The third kappa shape index (κ3) is 4.30. The van der Waals surface area contributed by atoms with Crippen LogP contribution in [0.1, 0.15) is 11.1 Å². The van der Waals surface area contributed by atoms with Crippen LogP contribution >= 0.6 is 28.1 Å². The number of thiocarbonyl (C=S) groups is 1. The van der Waals surface area contributed by atoms with E-state index in [2.05, 4.69) is 26.5 Å². The predicted octanol–water partition coefficient (Wildman–Crippen LogP) is 3.31. The summed E-state index contributed by atoms with van der Waals surface area (Å²) in [7, 11) is 0. The van der Waals surface area contributed by atoms with E-state index in [1.165, 1.54) is 12.1 Å². The van der Waals surface area contributed by atoms with E-state index in [1.54, 1.807) is 18.2 Å².